The van der Waals surface area contributed by atoms with Gasteiger partial charge in [0.05, 0.1) is 10.6 Å². The molecule has 230 valence electrons. The smallest absolute Gasteiger partial charge is 0.272 e. The summed E-state index contributed by atoms with van der Waals surface area (Å²) in [6.07, 6.45) is 1.61. The van der Waals surface area contributed by atoms with Crippen LogP contribution in [0.3, 0.4) is 0 Å². The van der Waals surface area contributed by atoms with Crippen LogP contribution in [0.1, 0.15) is 32.3 Å². The second kappa shape index (κ2) is 15.0. The molecular formula is C35H28N4O5S2. The van der Waals surface area contributed by atoms with Crippen LogP contribution in [0, 0.1) is 17.0 Å². The third-order valence-corrected chi connectivity index (χ3v) is 8.71. The van der Waals surface area contributed by atoms with Crippen LogP contribution in [0.25, 0.3) is 6.08 Å². The number of non-ortho nitro benzene ring substituents is 1. The van der Waals surface area contributed by atoms with Gasteiger partial charge in [0.1, 0.15) is 10.9 Å². The van der Waals surface area contributed by atoms with Crippen LogP contribution in [-0.4, -0.2) is 22.6 Å². The third kappa shape index (κ3) is 8.35. The number of thioether (sulfide) groups is 1. The largest absolute Gasteiger partial charge is 0.324 e. The quantitative estimate of drug-likeness (QED) is 0.0579. The number of anilines is 2. The molecule has 11 heteroatoms. The number of nitrogens with zero attached hydrogens (tertiary/aromatic N) is 1. The number of nitro benzene ring substituents is 1. The highest BCUT2D eigenvalue weighted by Crippen LogP contribution is 2.37. The van der Waals surface area contributed by atoms with Crippen molar-refractivity contribution in [3.8, 4) is 0 Å². The maximum absolute atomic E-state index is 13.7. The van der Waals surface area contributed by atoms with E-state index in [0.29, 0.717) is 27.4 Å². The van der Waals surface area contributed by atoms with Gasteiger partial charge in [-0.15, -0.1) is 11.8 Å². The van der Waals surface area contributed by atoms with Crippen LogP contribution in [-0.2, 0) is 9.59 Å². The number of hydrogen-bond acceptors (Lipinski definition) is 7. The molecule has 0 spiro atoms. The maximum Gasteiger partial charge on any atom is 0.272 e. The number of nitrogens with one attached hydrogen (secondary N) is 3. The van der Waals surface area contributed by atoms with Gasteiger partial charge in [-0.05, 0) is 76.8 Å². The normalized spacial score (nSPS) is 11.7. The van der Waals surface area contributed by atoms with Gasteiger partial charge in [-0.2, -0.15) is 11.3 Å². The molecule has 4 aromatic carbocycles. The molecular weight excluding hydrogens is 621 g/mol. The van der Waals surface area contributed by atoms with Gasteiger partial charge >= 0.3 is 0 Å². The second-order valence-electron chi connectivity index (χ2n) is 10.1. The van der Waals surface area contributed by atoms with Crippen LogP contribution in [0.4, 0.5) is 17.1 Å². The first kappa shape index (κ1) is 31.9. The third-order valence-electron chi connectivity index (χ3n) is 6.76. The minimum absolute atomic E-state index is 0.0687. The Kier molecular flexibility index (Phi) is 10.4. The Labute approximate surface area is 273 Å². The minimum Gasteiger partial charge on any atom is -0.324 e. The van der Waals surface area contributed by atoms with Gasteiger partial charge in [0.25, 0.3) is 17.5 Å². The predicted octanol–water partition coefficient (Wildman–Crippen LogP) is 7.85. The van der Waals surface area contributed by atoms with Crippen molar-refractivity contribution < 1.29 is 19.3 Å². The summed E-state index contributed by atoms with van der Waals surface area (Å²) in [6, 6.07) is 31.0. The number of rotatable bonds is 11. The lowest BCUT2D eigenvalue weighted by molar-refractivity contribution is -0.384. The summed E-state index contributed by atoms with van der Waals surface area (Å²) < 4.78 is 0. The van der Waals surface area contributed by atoms with Crippen LogP contribution < -0.4 is 16.0 Å². The lowest BCUT2D eigenvalue weighted by Gasteiger charge is -2.18. The Bertz CT molecular complexity index is 1900. The number of thiophene rings is 1. The molecule has 1 aromatic heterocycles. The lowest BCUT2D eigenvalue weighted by Crippen LogP contribution is -2.30. The molecule has 0 aliphatic heterocycles. The number of benzene rings is 4. The lowest BCUT2D eigenvalue weighted by atomic mass is 10.1. The summed E-state index contributed by atoms with van der Waals surface area (Å²) >= 11 is 2.74. The van der Waals surface area contributed by atoms with Crippen molar-refractivity contribution in [2.45, 2.75) is 17.1 Å². The molecule has 46 heavy (non-hydrogen) atoms. The number of carbonyl (C=O) groups excluding carboxylic acids is 3. The van der Waals surface area contributed by atoms with Gasteiger partial charge in [-0.1, -0.05) is 60.7 Å². The fourth-order valence-corrected chi connectivity index (χ4v) is 6.11. The highest BCUT2D eigenvalue weighted by molar-refractivity contribution is 8.00. The second-order valence-corrected chi connectivity index (χ2v) is 12.0. The van der Waals surface area contributed by atoms with Crippen molar-refractivity contribution in [2.75, 3.05) is 10.6 Å². The SMILES string of the molecule is Cc1ccc([N+](=O)[O-])cc1NC(=O)C(Sc1cccc(NC(=O)/C(=C/c2ccsc2)NC(=O)c2ccccc2)c1)c1ccccc1. The van der Waals surface area contributed by atoms with E-state index in [1.807, 2.05) is 53.2 Å². The van der Waals surface area contributed by atoms with E-state index in [-0.39, 0.29) is 17.3 Å². The number of nitro groups is 1. The molecule has 0 saturated heterocycles. The van der Waals surface area contributed by atoms with E-state index in [1.54, 1.807) is 67.6 Å². The van der Waals surface area contributed by atoms with E-state index < -0.39 is 22.0 Å². The number of aryl methyl sites for hydroxylation is 1. The Balaban J connectivity index is 1.37. The molecule has 1 heterocycles. The molecule has 0 aliphatic carbocycles. The van der Waals surface area contributed by atoms with Gasteiger partial charge in [-0.3, -0.25) is 24.5 Å². The van der Waals surface area contributed by atoms with E-state index >= 15 is 0 Å². The van der Waals surface area contributed by atoms with Crippen LogP contribution in [0.2, 0.25) is 0 Å². The van der Waals surface area contributed by atoms with Crippen molar-refractivity contribution in [1.29, 1.82) is 0 Å². The molecule has 0 radical (unpaired) electrons. The Morgan fingerprint density at radius 2 is 1.61 bits per heavy atom. The van der Waals surface area contributed by atoms with Crippen LogP contribution in [0.15, 0.2) is 131 Å². The molecule has 3 N–H and O–H groups in total. The van der Waals surface area contributed by atoms with E-state index in [0.717, 1.165) is 11.1 Å². The summed E-state index contributed by atoms with van der Waals surface area (Å²) in [7, 11) is 0. The first-order chi connectivity index (χ1) is 22.3. The van der Waals surface area contributed by atoms with Gasteiger partial charge < -0.3 is 16.0 Å². The molecule has 1 unspecified atom stereocenters. The van der Waals surface area contributed by atoms with E-state index in [1.165, 1.54) is 35.2 Å². The molecule has 0 aliphatic rings. The summed E-state index contributed by atoms with van der Waals surface area (Å²) in [4.78, 5) is 51.6. The topological polar surface area (TPSA) is 130 Å². The van der Waals surface area contributed by atoms with Crippen LogP contribution >= 0.6 is 23.1 Å². The molecule has 9 nitrogen and oxygen atoms in total. The number of carbonyl (C=O) groups is 3. The Hall–Kier alpha value is -5.52. The molecule has 0 saturated carbocycles. The van der Waals surface area contributed by atoms with Crippen molar-refractivity contribution in [3.05, 3.63) is 158 Å². The monoisotopic (exact) mass is 648 g/mol. The highest BCUT2D eigenvalue weighted by atomic mass is 32.2. The Morgan fingerprint density at radius 3 is 2.30 bits per heavy atom. The van der Waals surface area contributed by atoms with Crippen molar-refractivity contribution in [1.82, 2.24) is 5.32 Å². The van der Waals surface area contributed by atoms with Crippen molar-refractivity contribution >= 4 is 64.0 Å². The summed E-state index contributed by atoms with van der Waals surface area (Å²) in [5.41, 5.74) is 3.35. The summed E-state index contributed by atoms with van der Waals surface area (Å²) in [6.45, 7) is 1.76. The van der Waals surface area contributed by atoms with Crippen molar-refractivity contribution in [2.24, 2.45) is 0 Å². The minimum atomic E-state index is -0.718. The fraction of sp³-hybridized carbons (Fsp3) is 0.0571. The molecule has 5 rings (SSSR count). The first-order valence-corrected chi connectivity index (χ1v) is 15.9. The molecule has 5 aromatic rings. The number of amides is 3. The average Bonchev–Trinajstić information content (AvgIpc) is 3.58. The predicted molar refractivity (Wildman–Crippen MR) is 183 cm³/mol. The Morgan fingerprint density at radius 1 is 0.870 bits per heavy atom. The zero-order chi connectivity index (χ0) is 32.5. The number of hydrogen-bond donors (Lipinski definition) is 3. The summed E-state index contributed by atoms with van der Waals surface area (Å²) in [5, 5.41) is 22.8. The fourth-order valence-electron chi connectivity index (χ4n) is 4.41. The maximum atomic E-state index is 13.7. The molecule has 0 bridgehead atoms. The zero-order valence-corrected chi connectivity index (χ0v) is 26.1. The van der Waals surface area contributed by atoms with Gasteiger partial charge in [-0.25, -0.2) is 0 Å². The van der Waals surface area contributed by atoms with E-state index in [9.17, 15) is 24.5 Å². The summed E-state index contributed by atoms with van der Waals surface area (Å²) in [5.74, 6) is -1.30. The van der Waals surface area contributed by atoms with Gasteiger partial charge in [0.2, 0.25) is 5.91 Å². The molecule has 0 fully saturated rings. The molecule has 3 amide bonds. The standard InChI is InChI=1S/C35H28N4O5S2/c1-23-15-16-28(39(43)44)21-30(23)37-35(42)32(25-9-4-2-5-10-25)46-29-14-8-13-27(20-29)36-34(41)31(19-24-17-18-45-22-24)38-33(40)26-11-6-3-7-12-26/h2-22,32H,1H3,(H,36,41)(H,37,42)(H,38,40)/b31-19-. The zero-order valence-electron chi connectivity index (χ0n) is 24.5. The van der Waals surface area contributed by atoms with Crippen molar-refractivity contribution in [3.63, 3.8) is 0 Å². The van der Waals surface area contributed by atoms with Gasteiger partial charge in [0, 0.05) is 28.3 Å². The highest BCUT2D eigenvalue weighted by Gasteiger charge is 2.24. The first-order valence-electron chi connectivity index (χ1n) is 14.1. The average molecular weight is 649 g/mol. The van der Waals surface area contributed by atoms with E-state index in [4.69, 9.17) is 0 Å². The van der Waals surface area contributed by atoms with E-state index in [2.05, 4.69) is 16.0 Å². The van der Waals surface area contributed by atoms with Gasteiger partial charge in [0.15, 0.2) is 0 Å². The molecule has 1 atom stereocenters. The van der Waals surface area contributed by atoms with Crippen LogP contribution in [0.5, 0.6) is 0 Å².